The van der Waals surface area contributed by atoms with Crippen LogP contribution < -0.4 is 0 Å². The van der Waals surface area contributed by atoms with Crippen LogP contribution in [0.25, 0.3) is 5.65 Å². The number of thioether (sulfide) groups is 1. The van der Waals surface area contributed by atoms with Crippen molar-refractivity contribution in [2.24, 2.45) is 5.92 Å². The zero-order valence-electron chi connectivity index (χ0n) is 12.9. The summed E-state index contributed by atoms with van der Waals surface area (Å²) in [5.41, 5.74) is 3.02. The average Bonchev–Trinajstić information content (AvgIpc) is 3.12. The Morgan fingerprint density at radius 3 is 2.96 bits per heavy atom. The number of aromatic nitrogens is 2. The number of aliphatic carboxylic acids is 1. The van der Waals surface area contributed by atoms with Crippen molar-refractivity contribution in [2.75, 3.05) is 18.8 Å². The van der Waals surface area contributed by atoms with Gasteiger partial charge in [0.15, 0.2) is 0 Å². The molecular weight excluding hydrogens is 314 g/mol. The van der Waals surface area contributed by atoms with Gasteiger partial charge in [-0.1, -0.05) is 6.07 Å². The Bertz CT molecular complexity index is 743. The van der Waals surface area contributed by atoms with Crippen LogP contribution in [0.3, 0.4) is 0 Å². The van der Waals surface area contributed by atoms with Crippen LogP contribution in [0.5, 0.6) is 0 Å². The first-order chi connectivity index (χ1) is 11.0. The minimum Gasteiger partial charge on any atom is -0.481 e. The monoisotopic (exact) mass is 333 g/mol. The molecule has 0 spiro atoms. The number of nitrogens with zero attached hydrogens (tertiary/aromatic N) is 3. The summed E-state index contributed by atoms with van der Waals surface area (Å²) in [6, 6.07) is 4.00. The average molecular weight is 333 g/mol. The molecule has 0 radical (unpaired) electrons. The van der Waals surface area contributed by atoms with Crippen molar-refractivity contribution in [1.82, 2.24) is 14.3 Å². The fourth-order valence-corrected chi connectivity index (χ4v) is 3.56. The normalized spacial score (nSPS) is 17.8. The van der Waals surface area contributed by atoms with Gasteiger partial charge in [0.05, 0.1) is 17.4 Å². The van der Waals surface area contributed by atoms with Gasteiger partial charge in [0.25, 0.3) is 0 Å². The number of likely N-dealkylation sites (tertiary alicyclic amines) is 1. The van der Waals surface area contributed by atoms with Crippen molar-refractivity contribution in [3.8, 4) is 0 Å². The van der Waals surface area contributed by atoms with E-state index in [1.165, 1.54) is 17.3 Å². The van der Waals surface area contributed by atoms with Gasteiger partial charge < -0.3 is 14.4 Å². The Hall–Kier alpha value is -2.02. The molecule has 0 bridgehead atoms. The van der Waals surface area contributed by atoms with Gasteiger partial charge in [0.2, 0.25) is 5.91 Å². The highest BCUT2D eigenvalue weighted by molar-refractivity contribution is 7.99. The van der Waals surface area contributed by atoms with E-state index in [-0.39, 0.29) is 5.91 Å². The van der Waals surface area contributed by atoms with E-state index in [2.05, 4.69) is 4.98 Å². The number of carbonyl (C=O) groups is 2. The van der Waals surface area contributed by atoms with Crippen LogP contribution >= 0.6 is 11.8 Å². The van der Waals surface area contributed by atoms with E-state index in [1.807, 2.05) is 35.9 Å². The summed E-state index contributed by atoms with van der Waals surface area (Å²) in [5, 5.41) is 8.97. The van der Waals surface area contributed by atoms with Gasteiger partial charge in [-0.25, -0.2) is 4.98 Å². The molecule has 1 unspecified atom stereocenters. The van der Waals surface area contributed by atoms with E-state index in [0.29, 0.717) is 31.0 Å². The van der Waals surface area contributed by atoms with E-state index in [9.17, 15) is 9.59 Å². The molecule has 1 fully saturated rings. The lowest BCUT2D eigenvalue weighted by atomic mass is 10.1. The van der Waals surface area contributed by atoms with Crippen LogP contribution in [0.15, 0.2) is 24.5 Å². The Labute approximate surface area is 138 Å². The summed E-state index contributed by atoms with van der Waals surface area (Å²) in [7, 11) is 0. The SMILES string of the molecule is Cc1ccc2nc(CSCC(=O)N3CCC(C(=O)O)C3)cn2c1. The topological polar surface area (TPSA) is 74.9 Å². The lowest BCUT2D eigenvalue weighted by Crippen LogP contribution is -2.31. The largest absolute Gasteiger partial charge is 0.481 e. The van der Waals surface area contributed by atoms with Gasteiger partial charge in [-0.05, 0) is 25.0 Å². The molecule has 7 heteroatoms. The van der Waals surface area contributed by atoms with Gasteiger partial charge in [-0.15, -0.1) is 11.8 Å². The Balaban J connectivity index is 1.50. The van der Waals surface area contributed by atoms with Crippen molar-refractivity contribution in [1.29, 1.82) is 0 Å². The summed E-state index contributed by atoms with van der Waals surface area (Å²) in [4.78, 5) is 29.2. The number of rotatable bonds is 5. The van der Waals surface area contributed by atoms with E-state index in [4.69, 9.17) is 5.11 Å². The lowest BCUT2D eigenvalue weighted by molar-refractivity contribution is -0.141. The van der Waals surface area contributed by atoms with Crippen LogP contribution in [0.4, 0.5) is 0 Å². The molecule has 0 aromatic carbocycles. The van der Waals surface area contributed by atoms with Crippen molar-refractivity contribution in [3.05, 3.63) is 35.8 Å². The number of amides is 1. The minimum absolute atomic E-state index is 0.0124. The summed E-state index contributed by atoms with van der Waals surface area (Å²) < 4.78 is 1.99. The molecule has 2 aromatic rings. The Kier molecular flexibility index (Phi) is 4.56. The number of fused-ring (bicyclic) bond motifs is 1. The molecule has 1 aliphatic heterocycles. The molecule has 23 heavy (non-hydrogen) atoms. The van der Waals surface area contributed by atoms with Crippen molar-refractivity contribution < 1.29 is 14.7 Å². The molecular formula is C16H19N3O3S. The Morgan fingerprint density at radius 2 is 2.22 bits per heavy atom. The van der Waals surface area contributed by atoms with Crippen LogP contribution in [0.2, 0.25) is 0 Å². The standard InChI is InChI=1S/C16H19N3O3S/c1-11-2-3-14-17-13(8-19(14)6-11)9-23-10-15(20)18-5-4-12(7-18)16(21)22/h2-3,6,8,12H,4-5,7,9-10H2,1H3,(H,21,22). The lowest BCUT2D eigenvalue weighted by Gasteiger charge is -2.15. The molecule has 122 valence electrons. The molecule has 1 N–H and O–H groups in total. The first-order valence-corrected chi connectivity index (χ1v) is 8.71. The highest BCUT2D eigenvalue weighted by atomic mass is 32.2. The van der Waals surface area contributed by atoms with Crippen LogP contribution in [-0.2, 0) is 15.3 Å². The maximum Gasteiger partial charge on any atom is 0.308 e. The second kappa shape index (κ2) is 6.62. The van der Waals surface area contributed by atoms with Gasteiger partial charge in [0.1, 0.15) is 5.65 Å². The molecule has 3 heterocycles. The van der Waals surface area contributed by atoms with Crippen LogP contribution in [-0.4, -0.2) is 50.1 Å². The predicted octanol–water partition coefficient (Wildman–Crippen LogP) is 1.81. The van der Waals surface area contributed by atoms with E-state index in [0.717, 1.165) is 11.3 Å². The number of pyridine rings is 1. The summed E-state index contributed by atoms with van der Waals surface area (Å²) >= 11 is 1.52. The number of hydrogen-bond acceptors (Lipinski definition) is 4. The molecule has 6 nitrogen and oxygen atoms in total. The predicted molar refractivity (Wildman–Crippen MR) is 88.4 cm³/mol. The Morgan fingerprint density at radius 1 is 1.39 bits per heavy atom. The first-order valence-electron chi connectivity index (χ1n) is 7.55. The fourth-order valence-electron chi connectivity index (χ4n) is 2.75. The molecule has 1 aliphatic rings. The van der Waals surface area contributed by atoms with Crippen molar-refractivity contribution in [2.45, 2.75) is 19.1 Å². The van der Waals surface area contributed by atoms with Crippen LogP contribution in [0, 0.1) is 12.8 Å². The van der Waals surface area contributed by atoms with Gasteiger partial charge in [-0.3, -0.25) is 9.59 Å². The van der Waals surface area contributed by atoms with E-state index in [1.54, 1.807) is 4.90 Å². The second-order valence-corrected chi connectivity index (χ2v) is 6.85. The zero-order chi connectivity index (χ0) is 16.4. The number of imidazole rings is 1. The molecule has 0 aliphatic carbocycles. The zero-order valence-corrected chi connectivity index (χ0v) is 13.8. The van der Waals surface area contributed by atoms with Crippen LogP contribution in [0.1, 0.15) is 17.7 Å². The summed E-state index contributed by atoms with van der Waals surface area (Å²) in [5.74, 6) is -0.182. The maximum atomic E-state index is 12.1. The third kappa shape index (κ3) is 3.67. The third-order valence-corrected chi connectivity index (χ3v) is 4.97. The second-order valence-electron chi connectivity index (χ2n) is 5.86. The minimum atomic E-state index is -0.812. The summed E-state index contributed by atoms with van der Waals surface area (Å²) in [6.07, 6.45) is 4.56. The number of carbonyl (C=O) groups excluding carboxylic acids is 1. The number of aryl methyl sites for hydroxylation is 1. The van der Waals surface area contributed by atoms with Gasteiger partial charge in [0, 0.05) is 31.2 Å². The fraction of sp³-hybridized carbons (Fsp3) is 0.438. The quantitative estimate of drug-likeness (QED) is 0.903. The molecule has 0 saturated carbocycles. The highest BCUT2D eigenvalue weighted by Crippen LogP contribution is 2.19. The number of carboxylic acid groups (broad SMARTS) is 1. The van der Waals surface area contributed by atoms with E-state index >= 15 is 0 Å². The number of carboxylic acids is 1. The first kappa shape index (κ1) is 15.9. The smallest absolute Gasteiger partial charge is 0.308 e. The third-order valence-electron chi connectivity index (χ3n) is 4.01. The molecule has 2 aromatic heterocycles. The number of hydrogen-bond donors (Lipinski definition) is 1. The van der Waals surface area contributed by atoms with Gasteiger partial charge in [-0.2, -0.15) is 0 Å². The maximum absolute atomic E-state index is 12.1. The molecule has 1 saturated heterocycles. The van der Waals surface area contributed by atoms with Crippen molar-refractivity contribution in [3.63, 3.8) is 0 Å². The molecule has 1 atom stereocenters. The van der Waals surface area contributed by atoms with E-state index < -0.39 is 11.9 Å². The highest BCUT2D eigenvalue weighted by Gasteiger charge is 2.30. The molecule has 1 amide bonds. The van der Waals surface area contributed by atoms with Gasteiger partial charge >= 0.3 is 5.97 Å². The molecule has 3 rings (SSSR count). The summed E-state index contributed by atoms with van der Waals surface area (Å²) in [6.45, 7) is 2.92. The van der Waals surface area contributed by atoms with Crippen molar-refractivity contribution >= 4 is 29.3 Å².